The molecule has 3 heterocycles. The van der Waals surface area contributed by atoms with Gasteiger partial charge in [-0.15, -0.1) is 0 Å². The molecule has 3 aromatic heterocycles. The van der Waals surface area contributed by atoms with Crippen molar-refractivity contribution in [3.05, 3.63) is 110 Å². The van der Waals surface area contributed by atoms with Crippen molar-refractivity contribution >= 4 is 26.9 Å². The van der Waals surface area contributed by atoms with Crippen LogP contribution in [0.2, 0.25) is 0 Å². The Morgan fingerprint density at radius 2 is 1.98 bits per heavy atom. The Balaban J connectivity index is 1.64. The summed E-state index contributed by atoms with van der Waals surface area (Å²) >= 11 is 0. The molecule has 3 aromatic rings. The number of pyridine rings is 1. The van der Waals surface area contributed by atoms with E-state index < -0.39 is 27.1 Å². The van der Waals surface area contributed by atoms with Crippen molar-refractivity contribution in [1.29, 1.82) is 0 Å². The van der Waals surface area contributed by atoms with Crippen LogP contribution in [0.25, 0.3) is 11.2 Å². The average Bonchev–Trinajstić information content (AvgIpc) is 3.38. The van der Waals surface area contributed by atoms with Gasteiger partial charge >= 0.3 is 5.69 Å². The van der Waals surface area contributed by atoms with Crippen molar-refractivity contribution in [3.63, 3.8) is 0 Å². The van der Waals surface area contributed by atoms with E-state index in [4.69, 9.17) is 0 Å². The molecule has 0 saturated carbocycles. The zero-order chi connectivity index (χ0) is 30.4. The van der Waals surface area contributed by atoms with Crippen LogP contribution >= 0.6 is 0 Å². The average molecular weight is 595 g/mol. The van der Waals surface area contributed by atoms with Crippen molar-refractivity contribution in [1.82, 2.24) is 24.1 Å². The molecule has 0 aromatic carbocycles. The van der Waals surface area contributed by atoms with Crippen molar-refractivity contribution in [2.45, 2.75) is 59.5 Å². The lowest BCUT2D eigenvalue weighted by atomic mass is 9.92. The molecule has 0 saturated heterocycles. The number of aromatic amines is 1. The second kappa shape index (κ2) is 13.1. The lowest BCUT2D eigenvalue weighted by Gasteiger charge is -2.19. The number of hydrogen-bond acceptors (Lipinski definition) is 6. The van der Waals surface area contributed by atoms with Gasteiger partial charge in [0.1, 0.15) is 17.2 Å². The Bertz CT molecular complexity index is 1830. The van der Waals surface area contributed by atoms with E-state index in [1.807, 2.05) is 13.8 Å². The topological polar surface area (TPSA) is 132 Å². The molecule has 1 aliphatic carbocycles. The summed E-state index contributed by atoms with van der Waals surface area (Å²) in [5.74, 6) is -0.138. The minimum Gasteiger partial charge on any atom is -0.336 e. The van der Waals surface area contributed by atoms with Crippen LogP contribution in [0.4, 0.5) is 10.1 Å². The molecule has 1 unspecified atom stereocenters. The van der Waals surface area contributed by atoms with Gasteiger partial charge in [-0.25, -0.2) is 22.6 Å². The molecule has 0 amide bonds. The van der Waals surface area contributed by atoms with Gasteiger partial charge in [0, 0.05) is 25.4 Å². The number of fused-ring (bicyclic) bond motifs is 1. The molecular weight excluding hydrogens is 559 g/mol. The Kier molecular flexibility index (Phi) is 9.56. The highest BCUT2D eigenvalue weighted by Gasteiger charge is 2.22. The molecular formula is C30H35FN6O4S. The fraction of sp³-hybridized carbons (Fsp3) is 0.333. The van der Waals surface area contributed by atoms with E-state index in [2.05, 4.69) is 26.3 Å². The maximum absolute atomic E-state index is 14.6. The summed E-state index contributed by atoms with van der Waals surface area (Å²) in [6.45, 7) is 9.55. The van der Waals surface area contributed by atoms with E-state index in [0.717, 1.165) is 11.0 Å². The number of allylic oxidation sites excluding steroid dienone is 8. The summed E-state index contributed by atoms with van der Waals surface area (Å²) in [6.07, 6.45) is 13.2. The molecule has 0 aliphatic heterocycles. The van der Waals surface area contributed by atoms with Crippen LogP contribution < -0.4 is 16.0 Å². The van der Waals surface area contributed by atoms with E-state index in [-0.39, 0.29) is 35.0 Å². The van der Waals surface area contributed by atoms with E-state index in [1.54, 1.807) is 25.2 Å². The van der Waals surface area contributed by atoms with Crippen molar-refractivity contribution in [2.24, 2.45) is 5.92 Å². The number of hydrogen-bond donors (Lipinski definition) is 2. The van der Waals surface area contributed by atoms with E-state index in [0.29, 0.717) is 42.0 Å². The predicted molar refractivity (Wildman–Crippen MR) is 163 cm³/mol. The molecule has 12 heteroatoms. The first-order valence-electron chi connectivity index (χ1n) is 13.8. The molecule has 222 valence electrons. The van der Waals surface area contributed by atoms with Gasteiger partial charge in [-0.3, -0.25) is 23.6 Å². The molecule has 42 heavy (non-hydrogen) atoms. The fourth-order valence-electron chi connectivity index (χ4n) is 4.60. The normalized spacial score (nSPS) is 16.1. The molecule has 0 spiro atoms. The molecule has 1 atom stereocenters. The number of nitrogens with zero attached hydrogens (tertiary/aromatic N) is 4. The van der Waals surface area contributed by atoms with Crippen LogP contribution in [-0.2, 0) is 29.5 Å². The minimum atomic E-state index is -3.89. The molecule has 0 fully saturated rings. The largest absolute Gasteiger partial charge is 0.336 e. The Morgan fingerprint density at radius 1 is 1.24 bits per heavy atom. The molecule has 10 nitrogen and oxygen atoms in total. The van der Waals surface area contributed by atoms with Gasteiger partial charge < -0.3 is 4.98 Å². The molecule has 1 aliphatic rings. The van der Waals surface area contributed by atoms with E-state index in [1.165, 1.54) is 41.2 Å². The number of H-pyrrole nitrogens is 1. The summed E-state index contributed by atoms with van der Waals surface area (Å²) in [4.78, 5) is 38.4. The first kappa shape index (κ1) is 30.6. The third-order valence-corrected chi connectivity index (χ3v) is 8.46. The number of unbranched alkanes of at least 4 members (excludes halogenated alkanes) is 1. The maximum Gasteiger partial charge on any atom is 0.333 e. The van der Waals surface area contributed by atoms with E-state index in [9.17, 15) is 22.4 Å². The van der Waals surface area contributed by atoms with Crippen LogP contribution in [-0.4, -0.2) is 32.5 Å². The van der Waals surface area contributed by atoms with Crippen LogP contribution in [0.3, 0.4) is 0 Å². The Labute approximate surface area is 243 Å². The van der Waals surface area contributed by atoms with Gasteiger partial charge in [-0.05, 0) is 61.1 Å². The van der Waals surface area contributed by atoms with Crippen molar-refractivity contribution < 1.29 is 12.8 Å². The first-order chi connectivity index (χ1) is 20.1. The zero-order valence-corrected chi connectivity index (χ0v) is 24.7. The number of halogens is 1. The smallest absolute Gasteiger partial charge is 0.333 e. The molecule has 0 radical (unpaired) electrons. The van der Waals surface area contributed by atoms with Gasteiger partial charge in [0.25, 0.3) is 15.6 Å². The van der Waals surface area contributed by atoms with Gasteiger partial charge in [0.05, 0.1) is 17.1 Å². The molecule has 0 bridgehead atoms. The summed E-state index contributed by atoms with van der Waals surface area (Å²) in [6, 6.07) is 3.06. The number of anilines is 1. The third kappa shape index (κ3) is 6.76. The van der Waals surface area contributed by atoms with Crippen molar-refractivity contribution in [2.75, 3.05) is 4.72 Å². The molecule has 4 rings (SSSR count). The number of imidazole rings is 1. The molecule has 2 N–H and O–H groups in total. The van der Waals surface area contributed by atoms with E-state index >= 15 is 0 Å². The number of sulfonamides is 1. The van der Waals surface area contributed by atoms with Gasteiger partial charge in [0.2, 0.25) is 0 Å². The van der Waals surface area contributed by atoms with Crippen molar-refractivity contribution in [3.8, 4) is 0 Å². The Morgan fingerprint density at radius 3 is 2.64 bits per heavy atom. The summed E-state index contributed by atoms with van der Waals surface area (Å²) in [7, 11) is -3.89. The van der Waals surface area contributed by atoms with Gasteiger partial charge in [0.15, 0.2) is 5.65 Å². The fourth-order valence-corrected chi connectivity index (χ4v) is 5.42. The van der Waals surface area contributed by atoms with Crippen LogP contribution in [0.5, 0.6) is 0 Å². The Hall–Kier alpha value is -4.32. The standard InChI is InChI=1S/C30H35FN6O4S/c1-5-7-17-36-28-27(29(38)37(30(36)39)19-24-20(3)9-8-10-25(24)31)33-26(34-28)18-22(6-2)12-11-21(4)42(40,41)35-23-13-15-32-16-14-23/h6,8,10-16,20H,4-5,7,9,17-19H2,1-3H3,(H,32,35)(H,33,34)/b12-11-,22-6+. The van der Waals surface area contributed by atoms with Crippen LogP contribution in [0, 0.1) is 5.92 Å². The first-order valence-corrected chi connectivity index (χ1v) is 15.3. The summed E-state index contributed by atoms with van der Waals surface area (Å²) in [5.41, 5.74) is 0.775. The highest BCUT2D eigenvalue weighted by molar-refractivity contribution is 7.96. The SMILES string of the molecule is C=C(/C=C\C(=C/C)Cc1nc2c([nH]1)c(=O)n(CC1=C(F)C=CCC1C)c(=O)n2CCCC)S(=O)(=O)Nc1ccncc1. The van der Waals surface area contributed by atoms with Crippen LogP contribution in [0.15, 0.2) is 93.0 Å². The summed E-state index contributed by atoms with van der Waals surface area (Å²) in [5, 5.41) is 0. The summed E-state index contributed by atoms with van der Waals surface area (Å²) < 4.78 is 45.0. The lowest BCUT2D eigenvalue weighted by Crippen LogP contribution is -2.41. The highest BCUT2D eigenvalue weighted by atomic mass is 32.2. The predicted octanol–water partition coefficient (Wildman–Crippen LogP) is 4.90. The number of rotatable bonds is 12. The third-order valence-electron chi connectivity index (χ3n) is 7.13. The monoisotopic (exact) mass is 594 g/mol. The maximum atomic E-state index is 14.6. The number of aromatic nitrogens is 5. The second-order valence-electron chi connectivity index (χ2n) is 10.2. The zero-order valence-electron chi connectivity index (χ0n) is 23.9. The second-order valence-corrected chi connectivity index (χ2v) is 11.9. The number of nitrogens with one attached hydrogen (secondary N) is 2. The number of aryl methyl sites for hydroxylation is 1. The van der Waals surface area contributed by atoms with Crippen LogP contribution in [0.1, 0.15) is 45.9 Å². The highest BCUT2D eigenvalue weighted by Crippen LogP contribution is 2.26. The van der Waals surface area contributed by atoms with Gasteiger partial charge in [-0.1, -0.05) is 45.1 Å². The lowest BCUT2D eigenvalue weighted by molar-refractivity contribution is 0.512. The van der Waals surface area contributed by atoms with Gasteiger partial charge in [-0.2, -0.15) is 0 Å². The minimum absolute atomic E-state index is 0.138. The quantitative estimate of drug-likeness (QED) is 0.287.